The van der Waals surface area contributed by atoms with Gasteiger partial charge in [-0.2, -0.15) is 13.2 Å². The molecule has 3 nitrogen and oxygen atoms in total. The van der Waals surface area contributed by atoms with Gasteiger partial charge in [-0.3, -0.25) is 4.79 Å². The van der Waals surface area contributed by atoms with E-state index in [9.17, 15) is 27.5 Å². The van der Waals surface area contributed by atoms with Gasteiger partial charge < -0.3 is 10.4 Å². The first-order chi connectivity index (χ1) is 9.79. The molecule has 0 fully saturated rings. The van der Waals surface area contributed by atoms with E-state index in [-0.39, 0.29) is 5.56 Å². The SMILES string of the molecule is O=C(Nc1cc(C(F)(F)F)ccc1O)c1ccccc1F. The van der Waals surface area contributed by atoms with Gasteiger partial charge in [-0.15, -0.1) is 0 Å². The molecule has 2 N–H and O–H groups in total. The van der Waals surface area contributed by atoms with E-state index in [4.69, 9.17) is 0 Å². The number of alkyl halides is 3. The van der Waals surface area contributed by atoms with Gasteiger partial charge in [0.1, 0.15) is 11.6 Å². The van der Waals surface area contributed by atoms with Crippen LogP contribution in [0, 0.1) is 5.82 Å². The van der Waals surface area contributed by atoms with Crippen LogP contribution in [-0.4, -0.2) is 11.0 Å². The second-order valence-corrected chi connectivity index (χ2v) is 4.16. The summed E-state index contributed by atoms with van der Waals surface area (Å²) in [6.45, 7) is 0. The van der Waals surface area contributed by atoms with E-state index >= 15 is 0 Å². The van der Waals surface area contributed by atoms with Crippen LogP contribution in [0.25, 0.3) is 0 Å². The number of phenolic OH excluding ortho intramolecular Hbond substituents is 1. The molecular weight excluding hydrogens is 290 g/mol. The summed E-state index contributed by atoms with van der Waals surface area (Å²) < 4.78 is 51.1. The number of carbonyl (C=O) groups is 1. The number of anilines is 1. The molecule has 7 heteroatoms. The van der Waals surface area contributed by atoms with E-state index in [2.05, 4.69) is 5.32 Å². The van der Waals surface area contributed by atoms with Crippen molar-refractivity contribution in [3.8, 4) is 5.75 Å². The molecule has 0 unspecified atom stereocenters. The lowest BCUT2D eigenvalue weighted by Gasteiger charge is -2.11. The Labute approximate surface area is 116 Å². The highest BCUT2D eigenvalue weighted by molar-refractivity contribution is 6.05. The number of carbonyl (C=O) groups excluding carboxylic acids is 1. The van der Waals surface area contributed by atoms with Crippen LogP contribution in [0.5, 0.6) is 5.75 Å². The summed E-state index contributed by atoms with van der Waals surface area (Å²) in [5.74, 6) is -2.32. The first-order valence-electron chi connectivity index (χ1n) is 5.75. The Morgan fingerprint density at radius 2 is 1.76 bits per heavy atom. The molecule has 0 atom stereocenters. The van der Waals surface area contributed by atoms with E-state index in [0.29, 0.717) is 12.1 Å². The van der Waals surface area contributed by atoms with Crippen molar-refractivity contribution < 1.29 is 27.5 Å². The molecule has 0 bridgehead atoms. The Morgan fingerprint density at radius 3 is 2.38 bits per heavy atom. The van der Waals surface area contributed by atoms with Crippen LogP contribution in [0.1, 0.15) is 15.9 Å². The molecule has 0 aliphatic heterocycles. The standard InChI is InChI=1S/C14H9F4NO2/c15-10-4-2-1-3-9(10)13(21)19-11-7-8(14(16,17)18)5-6-12(11)20/h1-7,20H,(H,19,21). The smallest absolute Gasteiger partial charge is 0.416 e. The molecule has 0 heterocycles. The molecule has 0 aliphatic carbocycles. The fraction of sp³-hybridized carbons (Fsp3) is 0.0714. The summed E-state index contributed by atoms with van der Waals surface area (Å²) in [7, 11) is 0. The summed E-state index contributed by atoms with van der Waals surface area (Å²) in [6, 6.07) is 7.05. The maximum absolute atomic E-state index is 13.4. The van der Waals surface area contributed by atoms with Crippen molar-refractivity contribution in [2.75, 3.05) is 5.32 Å². The van der Waals surface area contributed by atoms with Gasteiger partial charge in [0.25, 0.3) is 5.91 Å². The minimum atomic E-state index is -4.62. The second kappa shape index (κ2) is 5.43. The summed E-state index contributed by atoms with van der Waals surface area (Å²) in [6.07, 6.45) is -4.62. The molecule has 2 rings (SSSR count). The molecule has 0 radical (unpaired) electrons. The Balaban J connectivity index is 2.31. The fourth-order valence-corrected chi connectivity index (χ4v) is 1.65. The number of nitrogens with one attached hydrogen (secondary N) is 1. The van der Waals surface area contributed by atoms with Crippen LogP contribution >= 0.6 is 0 Å². The van der Waals surface area contributed by atoms with Crippen molar-refractivity contribution in [3.05, 3.63) is 59.4 Å². The van der Waals surface area contributed by atoms with Crippen LogP contribution < -0.4 is 5.32 Å². The summed E-state index contributed by atoms with van der Waals surface area (Å²) in [5.41, 5.74) is -1.82. The third kappa shape index (κ3) is 3.31. The molecule has 1 amide bonds. The number of amides is 1. The molecule has 0 saturated carbocycles. The minimum absolute atomic E-state index is 0.339. The molecule has 0 spiro atoms. The molecule has 2 aromatic carbocycles. The average molecular weight is 299 g/mol. The Hall–Kier alpha value is -2.57. The molecule has 0 saturated heterocycles. The topological polar surface area (TPSA) is 49.3 Å². The summed E-state index contributed by atoms with van der Waals surface area (Å²) >= 11 is 0. The maximum atomic E-state index is 13.4. The normalized spacial score (nSPS) is 11.2. The zero-order valence-electron chi connectivity index (χ0n) is 10.4. The van der Waals surface area contributed by atoms with Crippen molar-refractivity contribution in [2.24, 2.45) is 0 Å². The lowest BCUT2D eigenvalue weighted by molar-refractivity contribution is -0.137. The Morgan fingerprint density at radius 1 is 1.10 bits per heavy atom. The zero-order valence-corrected chi connectivity index (χ0v) is 10.4. The number of benzene rings is 2. The number of phenols is 1. The minimum Gasteiger partial charge on any atom is -0.506 e. The van der Waals surface area contributed by atoms with Crippen molar-refractivity contribution in [1.82, 2.24) is 0 Å². The van der Waals surface area contributed by atoms with E-state index in [1.165, 1.54) is 18.2 Å². The van der Waals surface area contributed by atoms with Crippen LogP contribution in [0.4, 0.5) is 23.2 Å². The van der Waals surface area contributed by atoms with E-state index < -0.39 is 34.9 Å². The molecule has 0 aromatic heterocycles. The van der Waals surface area contributed by atoms with Crippen LogP contribution in [0.15, 0.2) is 42.5 Å². The molecule has 2 aromatic rings. The van der Waals surface area contributed by atoms with Gasteiger partial charge in [-0.1, -0.05) is 12.1 Å². The first-order valence-corrected chi connectivity index (χ1v) is 5.75. The number of rotatable bonds is 2. The van der Waals surface area contributed by atoms with Crippen LogP contribution in [0.3, 0.4) is 0 Å². The van der Waals surface area contributed by atoms with E-state index in [0.717, 1.165) is 12.1 Å². The highest BCUT2D eigenvalue weighted by atomic mass is 19.4. The Kier molecular flexibility index (Phi) is 3.84. The van der Waals surface area contributed by atoms with Gasteiger partial charge in [-0.05, 0) is 30.3 Å². The second-order valence-electron chi connectivity index (χ2n) is 4.16. The van der Waals surface area contributed by atoms with Crippen molar-refractivity contribution in [2.45, 2.75) is 6.18 Å². The number of aromatic hydroxyl groups is 1. The Bertz CT molecular complexity index is 683. The first kappa shape index (κ1) is 14.8. The van der Waals surface area contributed by atoms with Crippen LogP contribution in [-0.2, 0) is 6.18 Å². The van der Waals surface area contributed by atoms with Gasteiger partial charge in [0, 0.05) is 0 Å². The van der Waals surface area contributed by atoms with Gasteiger partial charge >= 0.3 is 6.18 Å². The highest BCUT2D eigenvalue weighted by Gasteiger charge is 2.31. The number of halogens is 4. The lowest BCUT2D eigenvalue weighted by atomic mass is 10.1. The highest BCUT2D eigenvalue weighted by Crippen LogP contribution is 2.34. The predicted molar refractivity (Wildman–Crippen MR) is 67.5 cm³/mol. The number of hydrogen-bond acceptors (Lipinski definition) is 2. The van der Waals surface area contributed by atoms with Crippen molar-refractivity contribution >= 4 is 11.6 Å². The monoisotopic (exact) mass is 299 g/mol. The van der Waals surface area contributed by atoms with E-state index in [1.54, 1.807) is 0 Å². The van der Waals surface area contributed by atoms with Gasteiger partial charge in [0.05, 0.1) is 16.8 Å². The van der Waals surface area contributed by atoms with Gasteiger partial charge in [0.15, 0.2) is 0 Å². The van der Waals surface area contributed by atoms with Crippen molar-refractivity contribution in [3.63, 3.8) is 0 Å². The number of hydrogen-bond donors (Lipinski definition) is 2. The fourth-order valence-electron chi connectivity index (χ4n) is 1.65. The van der Waals surface area contributed by atoms with Crippen molar-refractivity contribution in [1.29, 1.82) is 0 Å². The van der Waals surface area contributed by atoms with Crippen LogP contribution in [0.2, 0.25) is 0 Å². The summed E-state index contributed by atoms with van der Waals surface area (Å²) in [5, 5.41) is 11.5. The third-order valence-electron chi connectivity index (χ3n) is 2.69. The predicted octanol–water partition coefficient (Wildman–Crippen LogP) is 3.80. The third-order valence-corrected chi connectivity index (χ3v) is 2.69. The quantitative estimate of drug-likeness (QED) is 0.654. The van der Waals surface area contributed by atoms with Gasteiger partial charge in [0.2, 0.25) is 0 Å². The molecule has 110 valence electrons. The summed E-state index contributed by atoms with van der Waals surface area (Å²) in [4.78, 5) is 11.8. The van der Waals surface area contributed by atoms with E-state index in [1.807, 2.05) is 0 Å². The molecule has 21 heavy (non-hydrogen) atoms. The molecular formula is C14H9F4NO2. The zero-order chi connectivity index (χ0) is 15.6. The lowest BCUT2D eigenvalue weighted by Crippen LogP contribution is -2.14. The maximum Gasteiger partial charge on any atom is 0.416 e. The van der Waals surface area contributed by atoms with Gasteiger partial charge in [-0.25, -0.2) is 4.39 Å². The average Bonchev–Trinajstić information content (AvgIpc) is 2.40. The largest absolute Gasteiger partial charge is 0.506 e. The molecule has 0 aliphatic rings.